The van der Waals surface area contributed by atoms with Gasteiger partial charge in [0.05, 0.1) is 0 Å². The summed E-state index contributed by atoms with van der Waals surface area (Å²) >= 11 is 0. The number of piperidine rings is 1. The molecular weight excluding hydrogens is 236 g/mol. The van der Waals surface area contributed by atoms with Crippen molar-refractivity contribution in [2.45, 2.75) is 18.9 Å². The Morgan fingerprint density at radius 2 is 1.42 bits per heavy atom. The molecule has 3 aliphatic rings. The molecule has 0 aromatic heterocycles. The molecule has 0 aromatic rings. The Bertz CT molecular complexity index is 274. The first-order valence-corrected chi connectivity index (χ1v) is 8.04. The van der Waals surface area contributed by atoms with Crippen LogP contribution < -0.4 is 0 Å². The average molecular weight is 266 g/mol. The standard InChI is InChI=1S/C15H30N4/c1-16-7-9-18(10-8-16)11-14-3-5-19(6-4-14)15-12-17(2)13-15/h14-15H,3-13H2,1-2H3. The minimum atomic E-state index is 0.870. The monoisotopic (exact) mass is 266 g/mol. The molecule has 0 N–H and O–H groups in total. The van der Waals surface area contributed by atoms with Crippen LogP contribution in [-0.4, -0.2) is 98.6 Å². The number of hydrogen-bond acceptors (Lipinski definition) is 4. The van der Waals surface area contributed by atoms with Crippen molar-refractivity contribution >= 4 is 0 Å². The lowest BCUT2D eigenvalue weighted by Crippen LogP contribution is -2.59. The molecule has 3 saturated heterocycles. The third-order valence-electron chi connectivity index (χ3n) is 5.32. The maximum Gasteiger partial charge on any atom is 0.0350 e. The van der Waals surface area contributed by atoms with Crippen molar-refractivity contribution in [1.29, 1.82) is 0 Å². The van der Waals surface area contributed by atoms with Crippen molar-refractivity contribution < 1.29 is 0 Å². The number of nitrogens with zero attached hydrogens (tertiary/aromatic N) is 4. The van der Waals surface area contributed by atoms with E-state index in [2.05, 4.69) is 33.7 Å². The summed E-state index contributed by atoms with van der Waals surface area (Å²) in [6, 6.07) is 0.870. The molecule has 3 rings (SSSR count). The number of piperazine rings is 1. The summed E-state index contributed by atoms with van der Waals surface area (Å²) < 4.78 is 0. The fourth-order valence-corrected chi connectivity index (χ4v) is 3.79. The van der Waals surface area contributed by atoms with E-state index < -0.39 is 0 Å². The zero-order valence-electron chi connectivity index (χ0n) is 12.7. The lowest BCUT2D eigenvalue weighted by Gasteiger charge is -2.47. The highest BCUT2D eigenvalue weighted by molar-refractivity contribution is 4.89. The number of likely N-dealkylation sites (N-methyl/N-ethyl adjacent to an activating group) is 2. The summed E-state index contributed by atoms with van der Waals surface area (Å²) in [4.78, 5) is 10.3. The largest absolute Gasteiger partial charge is 0.304 e. The molecule has 0 saturated carbocycles. The molecule has 110 valence electrons. The molecule has 19 heavy (non-hydrogen) atoms. The molecule has 0 aliphatic carbocycles. The van der Waals surface area contributed by atoms with Crippen LogP contribution >= 0.6 is 0 Å². The maximum absolute atomic E-state index is 2.74. The minimum Gasteiger partial charge on any atom is -0.304 e. The summed E-state index contributed by atoms with van der Waals surface area (Å²) in [5.41, 5.74) is 0. The summed E-state index contributed by atoms with van der Waals surface area (Å²) in [7, 11) is 4.47. The van der Waals surface area contributed by atoms with Crippen LogP contribution in [0, 0.1) is 5.92 Å². The Kier molecular flexibility index (Phi) is 4.42. The van der Waals surface area contributed by atoms with E-state index in [4.69, 9.17) is 0 Å². The molecule has 0 unspecified atom stereocenters. The van der Waals surface area contributed by atoms with Gasteiger partial charge in [-0.2, -0.15) is 0 Å². The van der Waals surface area contributed by atoms with Crippen LogP contribution in [0.1, 0.15) is 12.8 Å². The predicted molar refractivity (Wildman–Crippen MR) is 79.5 cm³/mol. The number of hydrogen-bond donors (Lipinski definition) is 0. The van der Waals surface area contributed by atoms with E-state index in [1.807, 2.05) is 0 Å². The Balaban J connectivity index is 1.36. The van der Waals surface area contributed by atoms with Gasteiger partial charge < -0.3 is 14.7 Å². The smallest absolute Gasteiger partial charge is 0.0350 e. The fraction of sp³-hybridized carbons (Fsp3) is 1.00. The van der Waals surface area contributed by atoms with Crippen LogP contribution in [0.15, 0.2) is 0 Å². The topological polar surface area (TPSA) is 13.0 Å². The Hall–Kier alpha value is -0.160. The molecule has 0 aromatic carbocycles. The van der Waals surface area contributed by atoms with Gasteiger partial charge in [0, 0.05) is 51.9 Å². The van der Waals surface area contributed by atoms with E-state index in [0.717, 1.165) is 12.0 Å². The molecule has 0 radical (unpaired) electrons. The summed E-state index contributed by atoms with van der Waals surface area (Å²) in [6.07, 6.45) is 2.85. The molecule has 3 fully saturated rings. The zero-order valence-corrected chi connectivity index (χ0v) is 12.7. The van der Waals surface area contributed by atoms with Gasteiger partial charge in [-0.15, -0.1) is 0 Å². The second-order valence-electron chi connectivity index (χ2n) is 6.96. The van der Waals surface area contributed by atoms with Crippen molar-refractivity contribution in [1.82, 2.24) is 19.6 Å². The first kappa shape index (κ1) is 13.8. The highest BCUT2D eigenvalue weighted by Gasteiger charge is 2.32. The highest BCUT2D eigenvalue weighted by atomic mass is 15.3. The van der Waals surface area contributed by atoms with Gasteiger partial charge in [-0.3, -0.25) is 4.90 Å². The Morgan fingerprint density at radius 3 is 2.00 bits per heavy atom. The summed E-state index contributed by atoms with van der Waals surface area (Å²) in [5, 5.41) is 0. The van der Waals surface area contributed by atoms with E-state index in [9.17, 15) is 0 Å². The van der Waals surface area contributed by atoms with Crippen LogP contribution in [0.25, 0.3) is 0 Å². The predicted octanol–water partition coefficient (Wildman–Crippen LogP) is 0.260. The zero-order chi connectivity index (χ0) is 13.2. The SMILES string of the molecule is CN1CCN(CC2CCN(C3CN(C)C3)CC2)CC1. The van der Waals surface area contributed by atoms with Crippen LogP contribution in [0.3, 0.4) is 0 Å². The first-order chi connectivity index (χ1) is 9.20. The molecule has 0 bridgehead atoms. The molecular formula is C15H30N4. The third kappa shape index (κ3) is 3.48. The summed E-state index contributed by atoms with van der Waals surface area (Å²) in [6.45, 7) is 11.7. The number of likely N-dealkylation sites (tertiary alicyclic amines) is 2. The van der Waals surface area contributed by atoms with Gasteiger partial charge in [0.2, 0.25) is 0 Å². The number of rotatable bonds is 3. The normalized spacial score (nSPS) is 30.6. The van der Waals surface area contributed by atoms with Gasteiger partial charge in [0.1, 0.15) is 0 Å². The van der Waals surface area contributed by atoms with E-state index in [1.165, 1.54) is 71.7 Å². The third-order valence-corrected chi connectivity index (χ3v) is 5.32. The van der Waals surface area contributed by atoms with Crippen LogP contribution in [0.4, 0.5) is 0 Å². The quantitative estimate of drug-likeness (QED) is 0.726. The average Bonchev–Trinajstić information content (AvgIpc) is 2.39. The van der Waals surface area contributed by atoms with E-state index in [-0.39, 0.29) is 0 Å². The lowest BCUT2D eigenvalue weighted by atomic mass is 9.93. The van der Waals surface area contributed by atoms with Gasteiger partial charge in [-0.25, -0.2) is 0 Å². The van der Waals surface area contributed by atoms with Gasteiger partial charge in [-0.05, 0) is 45.9 Å². The van der Waals surface area contributed by atoms with E-state index >= 15 is 0 Å². The van der Waals surface area contributed by atoms with Crippen molar-refractivity contribution in [2.75, 3.05) is 73.0 Å². The molecule has 0 amide bonds. The van der Waals surface area contributed by atoms with Crippen molar-refractivity contribution in [3.05, 3.63) is 0 Å². The van der Waals surface area contributed by atoms with Gasteiger partial charge >= 0.3 is 0 Å². The van der Waals surface area contributed by atoms with Gasteiger partial charge in [-0.1, -0.05) is 0 Å². The fourth-order valence-electron chi connectivity index (χ4n) is 3.79. The van der Waals surface area contributed by atoms with Crippen molar-refractivity contribution in [2.24, 2.45) is 5.92 Å². The highest BCUT2D eigenvalue weighted by Crippen LogP contribution is 2.23. The first-order valence-electron chi connectivity index (χ1n) is 8.04. The van der Waals surface area contributed by atoms with Gasteiger partial charge in [0.25, 0.3) is 0 Å². The second-order valence-corrected chi connectivity index (χ2v) is 6.96. The summed E-state index contributed by atoms with van der Waals surface area (Å²) in [5.74, 6) is 0.956. The van der Waals surface area contributed by atoms with E-state index in [1.54, 1.807) is 0 Å². The molecule has 4 nitrogen and oxygen atoms in total. The molecule has 4 heteroatoms. The van der Waals surface area contributed by atoms with Crippen molar-refractivity contribution in [3.63, 3.8) is 0 Å². The lowest BCUT2D eigenvalue weighted by molar-refractivity contribution is 0.0222. The van der Waals surface area contributed by atoms with Crippen molar-refractivity contribution in [3.8, 4) is 0 Å². The Morgan fingerprint density at radius 1 is 0.789 bits per heavy atom. The molecule has 3 heterocycles. The minimum absolute atomic E-state index is 0.870. The van der Waals surface area contributed by atoms with Gasteiger partial charge in [0.15, 0.2) is 0 Å². The second kappa shape index (κ2) is 6.08. The van der Waals surface area contributed by atoms with E-state index in [0.29, 0.717) is 0 Å². The van der Waals surface area contributed by atoms with Crippen LogP contribution in [-0.2, 0) is 0 Å². The molecule has 0 spiro atoms. The molecule has 3 aliphatic heterocycles. The van der Waals surface area contributed by atoms with Crippen LogP contribution in [0.2, 0.25) is 0 Å². The molecule has 0 atom stereocenters. The van der Waals surface area contributed by atoms with Crippen LogP contribution in [0.5, 0.6) is 0 Å². The maximum atomic E-state index is 2.74. The Labute approximate surface area is 118 Å².